The van der Waals surface area contributed by atoms with Gasteiger partial charge in [-0.1, -0.05) is 24.3 Å². The summed E-state index contributed by atoms with van der Waals surface area (Å²) in [6.07, 6.45) is 1.87. The van der Waals surface area contributed by atoms with Crippen molar-refractivity contribution in [3.05, 3.63) is 35.4 Å². The van der Waals surface area contributed by atoms with Gasteiger partial charge in [0, 0.05) is 59.4 Å². The van der Waals surface area contributed by atoms with Gasteiger partial charge in [-0.05, 0) is 37.9 Å². The van der Waals surface area contributed by atoms with E-state index in [1.807, 2.05) is 6.92 Å². The fourth-order valence-corrected chi connectivity index (χ4v) is 4.16. The number of nitrogens with one attached hydrogen (secondary N) is 1. The fraction of sp³-hybridized carbons (Fsp3) is 0.652. The number of hydrogen-bond donors (Lipinski definition) is 1. The third-order valence-corrected chi connectivity index (χ3v) is 6.03. The van der Waals surface area contributed by atoms with E-state index >= 15 is 0 Å². The van der Waals surface area contributed by atoms with E-state index in [4.69, 9.17) is 4.74 Å². The molecule has 2 heterocycles. The Bertz CT molecular complexity index is 698. The summed E-state index contributed by atoms with van der Waals surface area (Å²) in [5.74, 6) is 0.699. The lowest BCUT2D eigenvalue weighted by atomic mass is 9.98. The second kappa shape index (κ2) is 11.3. The summed E-state index contributed by atoms with van der Waals surface area (Å²) in [5.41, 5.74) is 2.60. The number of hydrogen-bond acceptors (Lipinski definition) is 5. The average Bonchev–Trinajstić information content (AvgIpc) is 2.77. The molecule has 2 aliphatic heterocycles. The summed E-state index contributed by atoms with van der Waals surface area (Å²) >= 11 is 0. The summed E-state index contributed by atoms with van der Waals surface area (Å²) in [4.78, 5) is 23.6. The molecule has 2 fully saturated rings. The van der Waals surface area contributed by atoms with Crippen molar-refractivity contribution in [2.45, 2.75) is 32.9 Å². The first-order chi connectivity index (χ1) is 14.6. The zero-order chi connectivity index (χ0) is 21.3. The molecule has 1 N–H and O–H groups in total. The molecular weight excluding hydrogens is 378 g/mol. The Morgan fingerprint density at radius 1 is 1.13 bits per heavy atom. The number of piperazine rings is 1. The number of piperidine rings is 1. The maximum absolute atomic E-state index is 12.1. The average molecular weight is 416 g/mol. The van der Waals surface area contributed by atoms with Gasteiger partial charge in [-0.25, -0.2) is 0 Å². The first-order valence-electron chi connectivity index (χ1n) is 11.2. The lowest BCUT2D eigenvalue weighted by Gasteiger charge is -2.34. The van der Waals surface area contributed by atoms with Crippen LogP contribution in [0, 0.1) is 5.92 Å². The van der Waals surface area contributed by atoms with Crippen LogP contribution < -0.4 is 5.32 Å². The van der Waals surface area contributed by atoms with E-state index in [9.17, 15) is 4.79 Å². The summed E-state index contributed by atoms with van der Waals surface area (Å²) in [5, 5.41) is 3.46. The summed E-state index contributed by atoms with van der Waals surface area (Å²) < 4.78 is 5.21. The number of carbonyl (C=O) groups is 1. The molecule has 30 heavy (non-hydrogen) atoms. The molecular formula is C23H37N5O2. The van der Waals surface area contributed by atoms with Gasteiger partial charge >= 0.3 is 5.97 Å². The highest BCUT2D eigenvalue weighted by Crippen LogP contribution is 2.18. The molecule has 3 rings (SSSR count). The molecule has 166 valence electrons. The first kappa shape index (κ1) is 22.6. The Labute approximate surface area is 181 Å². The number of esters is 1. The van der Waals surface area contributed by atoms with E-state index in [1.54, 1.807) is 7.05 Å². The molecule has 0 bridgehead atoms. The van der Waals surface area contributed by atoms with Crippen LogP contribution in [0.1, 0.15) is 30.9 Å². The van der Waals surface area contributed by atoms with Crippen LogP contribution in [0.25, 0.3) is 0 Å². The first-order valence-corrected chi connectivity index (χ1v) is 11.2. The molecule has 1 aromatic carbocycles. The second-order valence-corrected chi connectivity index (χ2v) is 8.33. The lowest BCUT2D eigenvalue weighted by molar-refractivity contribution is -0.149. The fourth-order valence-electron chi connectivity index (χ4n) is 4.16. The molecule has 1 unspecified atom stereocenters. The van der Waals surface area contributed by atoms with Crippen molar-refractivity contribution < 1.29 is 9.53 Å². The quantitative estimate of drug-likeness (QED) is 0.434. The molecule has 0 spiro atoms. The van der Waals surface area contributed by atoms with Crippen LogP contribution in [-0.4, -0.2) is 86.6 Å². The standard InChI is InChI=1S/C23H37N5O2/c1-4-30-22(29)21-6-5-11-28(18-21)23(24-2)25-16-19-7-9-20(10-8-19)17-27-14-12-26(3)13-15-27/h7-10,21H,4-6,11-18H2,1-3H3,(H,24,25). The molecule has 0 amide bonds. The van der Waals surface area contributed by atoms with Crippen LogP contribution in [0.5, 0.6) is 0 Å². The van der Waals surface area contributed by atoms with Gasteiger partial charge in [0.15, 0.2) is 5.96 Å². The number of benzene rings is 1. The molecule has 0 radical (unpaired) electrons. The summed E-state index contributed by atoms with van der Waals surface area (Å²) in [7, 11) is 3.99. The van der Waals surface area contributed by atoms with E-state index in [2.05, 4.69) is 56.3 Å². The highest BCUT2D eigenvalue weighted by atomic mass is 16.5. The Morgan fingerprint density at radius 2 is 1.83 bits per heavy atom. The van der Waals surface area contributed by atoms with Gasteiger partial charge < -0.3 is 19.9 Å². The van der Waals surface area contributed by atoms with Gasteiger partial charge in [0.2, 0.25) is 0 Å². The number of nitrogens with zero attached hydrogens (tertiary/aromatic N) is 4. The van der Waals surface area contributed by atoms with Crippen molar-refractivity contribution in [2.75, 3.05) is 60.0 Å². The zero-order valence-corrected chi connectivity index (χ0v) is 18.8. The number of aliphatic imine (C=N–C) groups is 1. The normalized spacial score (nSPS) is 21.5. The Balaban J connectivity index is 1.48. The lowest BCUT2D eigenvalue weighted by Crippen LogP contribution is -2.48. The van der Waals surface area contributed by atoms with Crippen LogP contribution in [0.15, 0.2) is 29.3 Å². The minimum absolute atomic E-state index is 0.0638. The highest BCUT2D eigenvalue weighted by molar-refractivity contribution is 5.81. The Kier molecular flexibility index (Phi) is 8.51. The number of likely N-dealkylation sites (N-methyl/N-ethyl adjacent to an activating group) is 1. The second-order valence-electron chi connectivity index (χ2n) is 8.33. The Morgan fingerprint density at radius 3 is 2.50 bits per heavy atom. The molecule has 1 atom stereocenters. The van der Waals surface area contributed by atoms with Crippen LogP contribution >= 0.6 is 0 Å². The third-order valence-electron chi connectivity index (χ3n) is 6.03. The van der Waals surface area contributed by atoms with E-state index in [0.717, 1.165) is 64.6 Å². The predicted octanol–water partition coefficient (Wildman–Crippen LogP) is 1.78. The van der Waals surface area contributed by atoms with E-state index < -0.39 is 0 Å². The zero-order valence-electron chi connectivity index (χ0n) is 18.8. The van der Waals surface area contributed by atoms with Gasteiger partial charge in [0.05, 0.1) is 12.5 Å². The molecule has 7 nitrogen and oxygen atoms in total. The summed E-state index contributed by atoms with van der Waals surface area (Å²) in [6, 6.07) is 8.86. The minimum Gasteiger partial charge on any atom is -0.466 e. The maximum atomic E-state index is 12.1. The van der Waals surface area contributed by atoms with Crippen molar-refractivity contribution in [1.29, 1.82) is 0 Å². The van der Waals surface area contributed by atoms with Crippen molar-refractivity contribution in [3.8, 4) is 0 Å². The van der Waals surface area contributed by atoms with E-state index in [1.165, 1.54) is 11.1 Å². The van der Waals surface area contributed by atoms with Gasteiger partial charge in [0.25, 0.3) is 0 Å². The third kappa shape index (κ3) is 6.44. The largest absolute Gasteiger partial charge is 0.466 e. The molecule has 0 saturated carbocycles. The smallest absolute Gasteiger partial charge is 0.310 e. The predicted molar refractivity (Wildman–Crippen MR) is 120 cm³/mol. The van der Waals surface area contributed by atoms with Gasteiger partial charge in [0.1, 0.15) is 0 Å². The maximum Gasteiger partial charge on any atom is 0.310 e. The highest BCUT2D eigenvalue weighted by Gasteiger charge is 2.28. The van der Waals surface area contributed by atoms with Gasteiger partial charge in [-0.15, -0.1) is 0 Å². The van der Waals surface area contributed by atoms with Crippen LogP contribution in [0.3, 0.4) is 0 Å². The van der Waals surface area contributed by atoms with Crippen molar-refractivity contribution in [1.82, 2.24) is 20.0 Å². The molecule has 0 aromatic heterocycles. The number of carbonyl (C=O) groups excluding carboxylic acids is 1. The molecule has 2 saturated heterocycles. The number of guanidine groups is 1. The number of ether oxygens (including phenoxy) is 1. The molecule has 0 aliphatic carbocycles. The van der Waals surface area contributed by atoms with Crippen molar-refractivity contribution >= 4 is 11.9 Å². The van der Waals surface area contributed by atoms with Crippen molar-refractivity contribution in [3.63, 3.8) is 0 Å². The van der Waals surface area contributed by atoms with Crippen LogP contribution in [-0.2, 0) is 22.6 Å². The van der Waals surface area contributed by atoms with Gasteiger partial charge in [-0.2, -0.15) is 0 Å². The molecule has 1 aromatic rings. The van der Waals surface area contributed by atoms with Crippen LogP contribution in [0.4, 0.5) is 0 Å². The van der Waals surface area contributed by atoms with Crippen molar-refractivity contribution in [2.24, 2.45) is 10.9 Å². The Hall–Kier alpha value is -2.12. The van der Waals surface area contributed by atoms with Gasteiger partial charge in [-0.3, -0.25) is 14.7 Å². The monoisotopic (exact) mass is 415 g/mol. The topological polar surface area (TPSA) is 60.4 Å². The SMILES string of the molecule is CCOC(=O)C1CCCN(C(=NC)NCc2ccc(CN3CCN(C)CC3)cc2)C1. The number of rotatable bonds is 6. The summed E-state index contributed by atoms with van der Waals surface area (Å²) in [6.45, 7) is 10.2. The van der Waals surface area contributed by atoms with Crippen LogP contribution in [0.2, 0.25) is 0 Å². The molecule has 7 heteroatoms. The minimum atomic E-state index is -0.0893. The van der Waals surface area contributed by atoms with E-state index in [0.29, 0.717) is 13.2 Å². The van der Waals surface area contributed by atoms with E-state index in [-0.39, 0.29) is 11.9 Å². The molecule has 2 aliphatic rings. The number of likely N-dealkylation sites (tertiary alicyclic amines) is 1.